The number of aryl methyl sites for hydroxylation is 3. The van der Waals surface area contributed by atoms with E-state index in [1.54, 1.807) is 23.2 Å². The number of carbonyl (C=O) groups excluding carboxylic acids is 1. The number of piperidine rings is 1. The highest BCUT2D eigenvalue weighted by molar-refractivity contribution is 7.89. The standard InChI is InChI=1S/C17H27N7O4S/c1-4-5-8-24-15(19-20-21-24)12-28-17(25)14-6-9-23(10-7-14)29(26,27)16-11-22(3)13(2)18-16/h11,14H,4-10,12H2,1-3H3. The number of sulfonamides is 1. The second kappa shape index (κ2) is 8.99. The van der Waals surface area contributed by atoms with Crippen LogP contribution < -0.4 is 0 Å². The third-order valence-electron chi connectivity index (χ3n) is 5.15. The van der Waals surface area contributed by atoms with Crippen molar-refractivity contribution in [3.63, 3.8) is 0 Å². The van der Waals surface area contributed by atoms with E-state index in [4.69, 9.17) is 4.74 Å². The average molecular weight is 426 g/mol. The number of rotatable bonds is 8. The number of hydrogen-bond acceptors (Lipinski definition) is 8. The Kier molecular flexibility index (Phi) is 6.63. The number of carbonyl (C=O) groups is 1. The van der Waals surface area contributed by atoms with Crippen molar-refractivity contribution in [3.8, 4) is 0 Å². The molecule has 0 radical (unpaired) electrons. The Labute approximate surface area is 170 Å². The fourth-order valence-electron chi connectivity index (χ4n) is 3.18. The van der Waals surface area contributed by atoms with E-state index in [1.807, 2.05) is 0 Å². The molecule has 0 spiro atoms. The van der Waals surface area contributed by atoms with Crippen molar-refractivity contribution < 1.29 is 17.9 Å². The molecule has 3 rings (SSSR count). The van der Waals surface area contributed by atoms with Crippen molar-refractivity contribution in [2.24, 2.45) is 13.0 Å². The lowest BCUT2D eigenvalue weighted by Gasteiger charge is -2.29. The molecule has 1 saturated heterocycles. The highest BCUT2D eigenvalue weighted by Crippen LogP contribution is 2.24. The van der Waals surface area contributed by atoms with Crippen LogP contribution in [0, 0.1) is 12.8 Å². The van der Waals surface area contributed by atoms with E-state index in [-0.39, 0.29) is 36.6 Å². The molecule has 11 nitrogen and oxygen atoms in total. The van der Waals surface area contributed by atoms with Crippen molar-refractivity contribution in [3.05, 3.63) is 17.8 Å². The van der Waals surface area contributed by atoms with Gasteiger partial charge in [-0.1, -0.05) is 13.3 Å². The molecule has 1 aliphatic rings. The largest absolute Gasteiger partial charge is 0.457 e. The minimum absolute atomic E-state index is 0.0152. The lowest BCUT2D eigenvalue weighted by atomic mass is 9.98. The van der Waals surface area contributed by atoms with Crippen molar-refractivity contribution in [2.45, 2.75) is 57.7 Å². The van der Waals surface area contributed by atoms with Gasteiger partial charge >= 0.3 is 5.97 Å². The van der Waals surface area contributed by atoms with Gasteiger partial charge in [-0.25, -0.2) is 18.1 Å². The lowest BCUT2D eigenvalue weighted by molar-refractivity contribution is -0.151. The highest BCUT2D eigenvalue weighted by atomic mass is 32.2. The molecule has 2 aromatic rings. The molecule has 3 heterocycles. The van der Waals surface area contributed by atoms with Crippen LogP contribution in [-0.2, 0) is 39.8 Å². The maximum atomic E-state index is 12.7. The lowest BCUT2D eigenvalue weighted by Crippen LogP contribution is -2.40. The molecule has 12 heteroatoms. The smallest absolute Gasteiger partial charge is 0.309 e. The maximum Gasteiger partial charge on any atom is 0.309 e. The molecule has 2 aromatic heterocycles. The normalized spacial score (nSPS) is 16.2. The molecule has 0 aromatic carbocycles. The zero-order valence-electron chi connectivity index (χ0n) is 17.0. The summed E-state index contributed by atoms with van der Waals surface area (Å²) in [5.41, 5.74) is 0. The summed E-state index contributed by atoms with van der Waals surface area (Å²) in [5, 5.41) is 11.5. The Hall–Kier alpha value is -2.34. The molecule has 1 aliphatic heterocycles. The van der Waals surface area contributed by atoms with Gasteiger partial charge in [-0.05, 0) is 36.6 Å². The molecule has 0 aliphatic carbocycles. The summed E-state index contributed by atoms with van der Waals surface area (Å²) in [6, 6.07) is 0. The van der Waals surface area contributed by atoms with Crippen LogP contribution in [0.25, 0.3) is 0 Å². The molecule has 1 fully saturated rings. The average Bonchev–Trinajstić information content (AvgIpc) is 3.31. The van der Waals surface area contributed by atoms with Crippen molar-refractivity contribution >= 4 is 16.0 Å². The van der Waals surface area contributed by atoms with Gasteiger partial charge in [0.25, 0.3) is 10.0 Å². The van der Waals surface area contributed by atoms with E-state index < -0.39 is 10.0 Å². The van der Waals surface area contributed by atoms with Gasteiger partial charge in [0.05, 0.1) is 5.92 Å². The van der Waals surface area contributed by atoms with Crippen LogP contribution in [0.3, 0.4) is 0 Å². The first-order valence-corrected chi connectivity index (χ1v) is 11.2. The number of aromatic nitrogens is 6. The summed E-state index contributed by atoms with van der Waals surface area (Å²) in [6.07, 6.45) is 4.27. The quantitative estimate of drug-likeness (QED) is 0.565. The second-order valence-electron chi connectivity index (χ2n) is 7.20. The Morgan fingerprint density at radius 2 is 2.03 bits per heavy atom. The van der Waals surface area contributed by atoms with Crippen molar-refractivity contribution in [1.29, 1.82) is 0 Å². The third kappa shape index (κ3) is 4.81. The molecule has 0 unspecified atom stereocenters. The topological polar surface area (TPSA) is 125 Å². The molecule has 29 heavy (non-hydrogen) atoms. The highest BCUT2D eigenvalue weighted by Gasteiger charge is 2.34. The van der Waals surface area contributed by atoms with E-state index in [1.165, 1.54) is 10.5 Å². The van der Waals surface area contributed by atoms with E-state index in [0.717, 1.165) is 12.8 Å². The third-order valence-corrected chi connectivity index (χ3v) is 6.92. The minimum Gasteiger partial charge on any atom is -0.457 e. The number of imidazole rings is 1. The van der Waals surface area contributed by atoms with E-state index in [9.17, 15) is 13.2 Å². The zero-order chi connectivity index (χ0) is 21.0. The number of unbranched alkanes of at least 4 members (excludes halogenated alkanes) is 1. The number of esters is 1. The molecule has 0 amide bonds. The Morgan fingerprint density at radius 1 is 1.31 bits per heavy atom. The number of ether oxygens (including phenoxy) is 1. The Morgan fingerprint density at radius 3 is 2.66 bits per heavy atom. The van der Waals surface area contributed by atoms with E-state index in [2.05, 4.69) is 27.4 Å². The number of nitrogens with zero attached hydrogens (tertiary/aromatic N) is 7. The van der Waals surface area contributed by atoms with Crippen LogP contribution in [0.2, 0.25) is 0 Å². The van der Waals surface area contributed by atoms with Crippen LogP contribution in [0.15, 0.2) is 11.2 Å². The number of hydrogen-bond donors (Lipinski definition) is 0. The van der Waals surface area contributed by atoms with Gasteiger partial charge in [0.15, 0.2) is 17.5 Å². The van der Waals surface area contributed by atoms with Gasteiger partial charge in [0.1, 0.15) is 5.82 Å². The molecule has 0 saturated carbocycles. The van der Waals surface area contributed by atoms with E-state index >= 15 is 0 Å². The maximum absolute atomic E-state index is 12.7. The molecule has 0 N–H and O–H groups in total. The van der Waals surface area contributed by atoms with Crippen LogP contribution in [0.4, 0.5) is 0 Å². The first-order chi connectivity index (χ1) is 13.8. The van der Waals surface area contributed by atoms with Gasteiger partial charge in [0.2, 0.25) is 0 Å². The first-order valence-electron chi connectivity index (χ1n) is 9.74. The zero-order valence-corrected chi connectivity index (χ0v) is 17.8. The summed E-state index contributed by atoms with van der Waals surface area (Å²) in [7, 11) is -1.90. The summed E-state index contributed by atoms with van der Waals surface area (Å²) < 4.78 is 35.6. The summed E-state index contributed by atoms with van der Waals surface area (Å²) in [4.78, 5) is 16.5. The van der Waals surface area contributed by atoms with Crippen LogP contribution in [0.5, 0.6) is 0 Å². The fraction of sp³-hybridized carbons (Fsp3) is 0.706. The van der Waals surface area contributed by atoms with Gasteiger partial charge < -0.3 is 9.30 Å². The van der Waals surface area contributed by atoms with Crippen LogP contribution >= 0.6 is 0 Å². The van der Waals surface area contributed by atoms with Crippen molar-refractivity contribution in [2.75, 3.05) is 13.1 Å². The fourth-order valence-corrected chi connectivity index (χ4v) is 4.67. The Balaban J connectivity index is 1.52. The first kappa shape index (κ1) is 21.4. The molecular formula is C17H27N7O4S. The SMILES string of the molecule is CCCCn1nnnc1COC(=O)C1CCN(S(=O)(=O)c2cn(C)c(C)n2)CC1. The molecule has 0 bridgehead atoms. The van der Waals surface area contributed by atoms with Crippen LogP contribution in [-0.4, -0.2) is 61.5 Å². The summed E-state index contributed by atoms with van der Waals surface area (Å²) in [6.45, 7) is 5.03. The summed E-state index contributed by atoms with van der Waals surface area (Å²) in [5.74, 6) is 0.452. The van der Waals surface area contributed by atoms with Crippen LogP contribution in [0.1, 0.15) is 44.3 Å². The summed E-state index contributed by atoms with van der Waals surface area (Å²) >= 11 is 0. The monoisotopic (exact) mass is 425 g/mol. The minimum atomic E-state index is -3.66. The molecular weight excluding hydrogens is 398 g/mol. The molecule has 160 valence electrons. The second-order valence-corrected chi connectivity index (χ2v) is 9.08. The van der Waals surface area contributed by atoms with Gasteiger partial charge in [0, 0.05) is 32.9 Å². The van der Waals surface area contributed by atoms with Gasteiger partial charge in [-0.2, -0.15) is 4.31 Å². The van der Waals surface area contributed by atoms with Gasteiger partial charge in [-0.15, -0.1) is 5.10 Å². The molecule has 0 atom stereocenters. The number of tetrazole rings is 1. The van der Waals surface area contributed by atoms with Gasteiger partial charge in [-0.3, -0.25) is 4.79 Å². The van der Waals surface area contributed by atoms with E-state index in [0.29, 0.717) is 31.0 Å². The van der Waals surface area contributed by atoms with Crippen molar-refractivity contribution in [1.82, 2.24) is 34.1 Å². The predicted molar refractivity (Wildman–Crippen MR) is 102 cm³/mol. The predicted octanol–water partition coefficient (Wildman–Crippen LogP) is 0.659. The Bertz CT molecular complexity index is 925.